The first-order chi connectivity index (χ1) is 14.2. The summed E-state index contributed by atoms with van der Waals surface area (Å²) in [4.78, 5) is 18.6. The van der Waals surface area contributed by atoms with Gasteiger partial charge in [0.15, 0.2) is 0 Å². The lowest BCUT2D eigenvalue weighted by molar-refractivity contribution is -0.130. The summed E-state index contributed by atoms with van der Waals surface area (Å²) in [6, 6.07) is 12.1. The molecular formula is C23H23ClFN3O2. The Morgan fingerprint density at radius 2 is 1.93 bits per heavy atom. The van der Waals surface area contributed by atoms with E-state index in [0.717, 1.165) is 5.56 Å². The molecule has 4 rings (SSSR count). The molecule has 0 aliphatic carbocycles. The van der Waals surface area contributed by atoms with E-state index in [-0.39, 0.29) is 23.4 Å². The first-order valence-corrected chi connectivity index (χ1v) is 10.3. The zero-order valence-corrected chi connectivity index (χ0v) is 17.9. The molecule has 1 fully saturated rings. The lowest BCUT2D eigenvalue weighted by Crippen LogP contribution is -2.28. The normalized spacial score (nSPS) is 17.0. The third-order valence-electron chi connectivity index (χ3n) is 5.45. The van der Waals surface area contributed by atoms with Gasteiger partial charge < -0.3 is 9.42 Å². The minimum atomic E-state index is -0.439. The molecule has 0 N–H and O–H groups in total. The van der Waals surface area contributed by atoms with Crippen molar-refractivity contribution in [2.24, 2.45) is 0 Å². The summed E-state index contributed by atoms with van der Waals surface area (Å²) in [5.74, 6) is 0.289. The highest BCUT2D eigenvalue weighted by molar-refractivity contribution is 6.31. The summed E-state index contributed by atoms with van der Waals surface area (Å²) in [6.07, 6.45) is 0.879. The van der Waals surface area contributed by atoms with Gasteiger partial charge in [-0.1, -0.05) is 67.9 Å². The quantitative estimate of drug-likeness (QED) is 0.536. The van der Waals surface area contributed by atoms with Crippen molar-refractivity contribution in [1.82, 2.24) is 15.0 Å². The Hall–Kier alpha value is -2.73. The topological polar surface area (TPSA) is 59.2 Å². The van der Waals surface area contributed by atoms with Gasteiger partial charge >= 0.3 is 0 Å². The predicted octanol–water partition coefficient (Wildman–Crippen LogP) is 5.69. The average molecular weight is 428 g/mol. The fourth-order valence-corrected chi connectivity index (χ4v) is 3.87. The zero-order chi connectivity index (χ0) is 21.5. The fraction of sp³-hybridized carbons (Fsp3) is 0.348. The van der Waals surface area contributed by atoms with Gasteiger partial charge in [0.1, 0.15) is 11.9 Å². The standard InChI is InChI=1S/C23H23ClFN3O2/c1-23(2,3)15-9-7-14(8-10-15)21-26-22(30-27-21)19-11-12-20(29)28(19)13-16-17(24)5-4-6-18(16)25/h4-10,19H,11-13H2,1-3H3. The van der Waals surface area contributed by atoms with E-state index < -0.39 is 11.9 Å². The van der Waals surface area contributed by atoms with Gasteiger partial charge in [0.05, 0.1) is 6.54 Å². The Morgan fingerprint density at radius 3 is 2.60 bits per heavy atom. The van der Waals surface area contributed by atoms with Gasteiger partial charge in [-0.25, -0.2) is 4.39 Å². The van der Waals surface area contributed by atoms with Gasteiger partial charge in [-0.3, -0.25) is 4.79 Å². The van der Waals surface area contributed by atoms with E-state index in [4.69, 9.17) is 16.1 Å². The van der Waals surface area contributed by atoms with Gasteiger partial charge in [0, 0.05) is 22.6 Å². The molecule has 7 heteroatoms. The maximum absolute atomic E-state index is 14.2. The van der Waals surface area contributed by atoms with Gasteiger partial charge in [-0.15, -0.1) is 0 Å². The molecule has 0 radical (unpaired) electrons. The van der Waals surface area contributed by atoms with Crippen LogP contribution in [0, 0.1) is 5.82 Å². The molecule has 2 aromatic carbocycles. The first kappa shape index (κ1) is 20.5. The van der Waals surface area contributed by atoms with Gasteiger partial charge in [-0.2, -0.15) is 4.98 Å². The van der Waals surface area contributed by atoms with E-state index in [1.165, 1.54) is 11.6 Å². The Bertz CT molecular complexity index is 1050. The summed E-state index contributed by atoms with van der Waals surface area (Å²) in [6.45, 7) is 6.53. The summed E-state index contributed by atoms with van der Waals surface area (Å²) >= 11 is 6.15. The minimum Gasteiger partial charge on any atom is -0.337 e. The molecule has 3 aromatic rings. The molecule has 156 valence electrons. The maximum atomic E-state index is 14.2. The van der Waals surface area contributed by atoms with E-state index in [9.17, 15) is 9.18 Å². The summed E-state index contributed by atoms with van der Waals surface area (Å²) in [5, 5.41) is 4.39. The van der Waals surface area contributed by atoms with Crippen LogP contribution in [0.15, 0.2) is 47.0 Å². The van der Waals surface area contributed by atoms with Gasteiger partial charge in [-0.05, 0) is 29.5 Å². The highest BCUT2D eigenvalue weighted by Crippen LogP contribution is 2.35. The molecule has 1 aromatic heterocycles. The number of nitrogens with zero attached hydrogens (tertiary/aromatic N) is 3. The number of rotatable bonds is 4. The lowest BCUT2D eigenvalue weighted by atomic mass is 9.87. The molecule has 1 aliphatic heterocycles. The zero-order valence-electron chi connectivity index (χ0n) is 17.2. The number of halogens is 2. The highest BCUT2D eigenvalue weighted by Gasteiger charge is 2.36. The van der Waals surface area contributed by atoms with Crippen molar-refractivity contribution < 1.29 is 13.7 Å². The average Bonchev–Trinajstić information content (AvgIpc) is 3.31. The van der Waals surface area contributed by atoms with Crippen LogP contribution in [0.25, 0.3) is 11.4 Å². The number of aromatic nitrogens is 2. The van der Waals surface area contributed by atoms with Gasteiger partial charge in [0.2, 0.25) is 17.6 Å². The molecule has 1 unspecified atom stereocenters. The van der Waals surface area contributed by atoms with Crippen LogP contribution >= 0.6 is 11.6 Å². The molecule has 0 saturated carbocycles. The molecule has 0 bridgehead atoms. The van der Waals surface area contributed by atoms with E-state index in [2.05, 4.69) is 43.0 Å². The van der Waals surface area contributed by atoms with Crippen LogP contribution < -0.4 is 0 Å². The second-order valence-electron chi connectivity index (χ2n) is 8.56. The largest absolute Gasteiger partial charge is 0.337 e. The van der Waals surface area contributed by atoms with Crippen LogP contribution in [0.3, 0.4) is 0 Å². The number of likely N-dealkylation sites (tertiary alicyclic amines) is 1. The molecule has 0 spiro atoms. The molecule has 5 nitrogen and oxygen atoms in total. The lowest BCUT2D eigenvalue weighted by Gasteiger charge is -2.22. The number of hydrogen-bond donors (Lipinski definition) is 0. The highest BCUT2D eigenvalue weighted by atomic mass is 35.5. The molecule has 30 heavy (non-hydrogen) atoms. The van der Waals surface area contributed by atoms with Crippen LogP contribution in [0.1, 0.15) is 56.7 Å². The van der Waals surface area contributed by atoms with Crippen LogP contribution in [0.4, 0.5) is 4.39 Å². The molecule has 2 heterocycles. The SMILES string of the molecule is CC(C)(C)c1ccc(-c2noc(C3CCC(=O)N3Cc3c(F)cccc3Cl)n2)cc1. The van der Waals surface area contributed by atoms with Crippen molar-refractivity contribution in [1.29, 1.82) is 0 Å². The first-order valence-electron chi connectivity index (χ1n) is 9.91. The van der Waals surface area contributed by atoms with Gasteiger partial charge in [0.25, 0.3) is 0 Å². The van der Waals surface area contributed by atoms with Crippen molar-refractivity contribution in [3.63, 3.8) is 0 Å². The number of carbonyl (C=O) groups excluding carboxylic acids is 1. The van der Waals surface area contributed by atoms with Crippen LogP contribution in [0.5, 0.6) is 0 Å². The fourth-order valence-electron chi connectivity index (χ4n) is 3.65. The third kappa shape index (κ3) is 3.97. The number of carbonyl (C=O) groups is 1. The van der Waals surface area contributed by atoms with E-state index in [1.807, 2.05) is 12.1 Å². The summed E-state index contributed by atoms with van der Waals surface area (Å²) in [7, 11) is 0. The van der Waals surface area contributed by atoms with Crippen molar-refractivity contribution in [2.45, 2.75) is 51.6 Å². The smallest absolute Gasteiger partial charge is 0.249 e. The van der Waals surface area contributed by atoms with E-state index in [1.54, 1.807) is 17.0 Å². The van der Waals surface area contributed by atoms with Crippen LogP contribution in [0.2, 0.25) is 5.02 Å². The van der Waals surface area contributed by atoms with E-state index in [0.29, 0.717) is 29.6 Å². The Kier molecular flexibility index (Phi) is 5.36. The summed E-state index contributed by atoms with van der Waals surface area (Å²) in [5.41, 5.74) is 2.40. The van der Waals surface area contributed by atoms with E-state index >= 15 is 0 Å². The second kappa shape index (κ2) is 7.84. The number of benzene rings is 2. The van der Waals surface area contributed by atoms with Crippen LogP contribution in [-0.2, 0) is 16.8 Å². The molecule has 1 saturated heterocycles. The van der Waals surface area contributed by atoms with Crippen molar-refractivity contribution in [3.8, 4) is 11.4 Å². The Labute approximate surface area is 179 Å². The third-order valence-corrected chi connectivity index (χ3v) is 5.81. The van der Waals surface area contributed by atoms with Crippen LogP contribution in [-0.4, -0.2) is 20.9 Å². The predicted molar refractivity (Wildman–Crippen MR) is 112 cm³/mol. The summed E-state index contributed by atoms with van der Waals surface area (Å²) < 4.78 is 19.7. The number of hydrogen-bond acceptors (Lipinski definition) is 4. The van der Waals surface area contributed by atoms with Crippen molar-refractivity contribution in [3.05, 3.63) is 70.3 Å². The Balaban J connectivity index is 1.58. The molecule has 1 aliphatic rings. The number of amides is 1. The second-order valence-corrected chi connectivity index (χ2v) is 8.97. The molecular weight excluding hydrogens is 405 g/mol. The minimum absolute atomic E-state index is 0.0552. The van der Waals surface area contributed by atoms with Crippen molar-refractivity contribution >= 4 is 17.5 Å². The maximum Gasteiger partial charge on any atom is 0.249 e. The Morgan fingerprint density at radius 1 is 1.20 bits per heavy atom. The monoisotopic (exact) mass is 427 g/mol. The molecule has 1 amide bonds. The molecule has 1 atom stereocenters. The van der Waals surface area contributed by atoms with Crippen molar-refractivity contribution in [2.75, 3.05) is 0 Å².